The zero-order valence-corrected chi connectivity index (χ0v) is 15.1. The highest BCUT2D eigenvalue weighted by Crippen LogP contribution is 2.68. The van der Waals surface area contributed by atoms with Gasteiger partial charge in [0.1, 0.15) is 12.2 Å². The highest BCUT2D eigenvalue weighted by molar-refractivity contribution is 5.98. The van der Waals surface area contributed by atoms with Crippen molar-refractivity contribution in [2.24, 2.45) is 34.5 Å². The number of hydrogen-bond acceptors (Lipinski definition) is 3. The second-order valence-corrected chi connectivity index (χ2v) is 9.62. The number of aliphatic hydroxyl groups is 1. The summed E-state index contributed by atoms with van der Waals surface area (Å²) in [4.78, 5) is 12.1. The number of epoxide rings is 1. The van der Waals surface area contributed by atoms with Gasteiger partial charge in [0.2, 0.25) is 0 Å². The Labute approximate surface area is 144 Å². The van der Waals surface area contributed by atoms with Crippen molar-refractivity contribution in [3.63, 3.8) is 0 Å². The fourth-order valence-electron chi connectivity index (χ4n) is 7.68. The van der Waals surface area contributed by atoms with Crippen LogP contribution in [0.3, 0.4) is 0 Å². The molecule has 0 radical (unpaired) electrons. The van der Waals surface area contributed by atoms with Gasteiger partial charge in [-0.3, -0.25) is 4.79 Å². The molecule has 0 aromatic heterocycles. The smallest absolute Gasteiger partial charge is 0.187 e. The van der Waals surface area contributed by atoms with Crippen LogP contribution in [0.1, 0.15) is 59.3 Å². The Morgan fingerprint density at radius 2 is 2.04 bits per heavy atom. The fourth-order valence-corrected chi connectivity index (χ4v) is 7.68. The minimum atomic E-state index is -0.280. The summed E-state index contributed by atoms with van der Waals surface area (Å²) in [5.74, 6) is 2.46. The quantitative estimate of drug-likeness (QED) is 0.749. The van der Waals surface area contributed by atoms with Crippen molar-refractivity contribution in [2.75, 3.05) is 0 Å². The van der Waals surface area contributed by atoms with Crippen LogP contribution in [0.2, 0.25) is 0 Å². The second kappa shape index (κ2) is 4.73. The van der Waals surface area contributed by atoms with Crippen LogP contribution in [-0.2, 0) is 9.53 Å². The summed E-state index contributed by atoms with van der Waals surface area (Å²) in [5.41, 5.74) is 1.56. The number of hydrogen-bond donors (Lipinski definition) is 1. The molecule has 132 valence electrons. The number of carbonyl (C=O) groups is 1. The molecule has 1 aliphatic heterocycles. The van der Waals surface area contributed by atoms with E-state index < -0.39 is 0 Å². The van der Waals surface area contributed by atoms with E-state index in [1.165, 1.54) is 37.7 Å². The molecule has 0 aromatic carbocycles. The van der Waals surface area contributed by atoms with Crippen LogP contribution < -0.4 is 0 Å². The Morgan fingerprint density at radius 3 is 2.79 bits per heavy atom. The van der Waals surface area contributed by atoms with E-state index in [9.17, 15) is 9.90 Å². The predicted molar refractivity (Wildman–Crippen MR) is 91.3 cm³/mol. The van der Waals surface area contributed by atoms with E-state index in [0.717, 1.165) is 5.92 Å². The average Bonchev–Trinajstić information content (AvgIpc) is 3.28. The van der Waals surface area contributed by atoms with Crippen LogP contribution in [0.15, 0.2) is 11.6 Å². The van der Waals surface area contributed by atoms with E-state index in [-0.39, 0.29) is 29.5 Å². The maximum Gasteiger partial charge on any atom is 0.187 e. The zero-order valence-electron chi connectivity index (χ0n) is 15.1. The number of carbonyl (C=O) groups excluding carboxylic acids is 1. The number of fused-ring (bicyclic) bond motifs is 7. The van der Waals surface area contributed by atoms with Crippen LogP contribution in [0.4, 0.5) is 0 Å². The summed E-state index contributed by atoms with van der Waals surface area (Å²) in [6.45, 7) is 7.16. The molecule has 1 heterocycles. The van der Waals surface area contributed by atoms with Crippen molar-refractivity contribution in [1.82, 2.24) is 0 Å². The molecule has 5 aliphatic rings. The molecule has 0 amide bonds. The SMILES string of the molecule is CC[C@H]1CC[C@H]2[C@@H]3C(O)CC4=CC(=O)C5OC5[C@]4(C)[C@H]3CC[C@]12C. The molecule has 3 nitrogen and oxygen atoms in total. The van der Waals surface area contributed by atoms with Crippen LogP contribution >= 0.6 is 0 Å². The Morgan fingerprint density at radius 1 is 1.25 bits per heavy atom. The van der Waals surface area contributed by atoms with Crippen LogP contribution in [0, 0.1) is 34.5 Å². The van der Waals surface area contributed by atoms with Crippen LogP contribution in [0.5, 0.6) is 0 Å². The van der Waals surface area contributed by atoms with Gasteiger partial charge in [0.25, 0.3) is 0 Å². The first-order valence-electron chi connectivity index (χ1n) is 9.99. The third-order valence-electron chi connectivity index (χ3n) is 9.04. The molecule has 0 bridgehead atoms. The van der Waals surface area contributed by atoms with Crippen molar-refractivity contribution in [2.45, 2.75) is 77.6 Å². The van der Waals surface area contributed by atoms with Gasteiger partial charge in [-0.05, 0) is 67.3 Å². The Kier molecular flexibility index (Phi) is 3.07. The number of ketones is 1. The molecule has 0 spiro atoms. The van der Waals surface area contributed by atoms with E-state index >= 15 is 0 Å². The van der Waals surface area contributed by atoms with E-state index in [0.29, 0.717) is 29.6 Å². The van der Waals surface area contributed by atoms with Crippen molar-refractivity contribution < 1.29 is 14.6 Å². The first kappa shape index (κ1) is 15.6. The van der Waals surface area contributed by atoms with Crippen molar-refractivity contribution in [3.8, 4) is 0 Å². The molecule has 3 saturated carbocycles. The summed E-state index contributed by atoms with van der Waals surface area (Å²) in [6.07, 6.45) is 8.45. The third-order valence-corrected chi connectivity index (χ3v) is 9.04. The zero-order chi connectivity index (χ0) is 16.9. The third kappa shape index (κ3) is 1.69. The summed E-state index contributed by atoms with van der Waals surface area (Å²) in [7, 11) is 0. The lowest BCUT2D eigenvalue weighted by Crippen LogP contribution is -2.57. The van der Waals surface area contributed by atoms with Gasteiger partial charge in [-0.1, -0.05) is 32.8 Å². The van der Waals surface area contributed by atoms with Gasteiger partial charge in [0.15, 0.2) is 5.78 Å². The van der Waals surface area contributed by atoms with Crippen molar-refractivity contribution >= 4 is 5.78 Å². The Bertz CT molecular complexity index is 625. The highest BCUT2D eigenvalue weighted by Gasteiger charge is 2.68. The maximum absolute atomic E-state index is 12.1. The molecule has 4 aliphatic carbocycles. The minimum absolute atomic E-state index is 0.0197. The Hall–Kier alpha value is -0.670. The maximum atomic E-state index is 12.1. The van der Waals surface area contributed by atoms with E-state index in [2.05, 4.69) is 20.8 Å². The van der Waals surface area contributed by atoms with Gasteiger partial charge in [0.05, 0.1) is 6.10 Å². The summed E-state index contributed by atoms with van der Waals surface area (Å²) in [5, 5.41) is 11.1. The normalized spacial score (nSPS) is 58.2. The minimum Gasteiger partial charge on any atom is -0.392 e. The summed E-state index contributed by atoms with van der Waals surface area (Å²) >= 11 is 0. The standard InChI is InChI=1S/C21H30O3/c1-4-11-5-6-13-17-14(7-8-20(11,13)2)21(3)12(9-15(17)22)10-16(23)18-19(21)24-18/h10-11,13-15,17-19,22H,4-9H2,1-3H3/t11-,13-,14-,15?,17-,18?,19?,20+,21-/m0/s1. The van der Waals surface area contributed by atoms with E-state index in [1.807, 2.05) is 6.08 Å². The largest absolute Gasteiger partial charge is 0.392 e. The molecule has 4 fully saturated rings. The van der Waals surface area contributed by atoms with Crippen LogP contribution in [0.25, 0.3) is 0 Å². The topological polar surface area (TPSA) is 49.8 Å². The molecule has 5 rings (SSSR count). The predicted octanol–water partition coefficient (Wildman–Crippen LogP) is 3.50. The van der Waals surface area contributed by atoms with Crippen molar-refractivity contribution in [3.05, 3.63) is 11.6 Å². The van der Waals surface area contributed by atoms with Crippen LogP contribution in [-0.4, -0.2) is 29.2 Å². The fraction of sp³-hybridized carbons (Fsp3) is 0.857. The van der Waals surface area contributed by atoms with Crippen molar-refractivity contribution in [1.29, 1.82) is 0 Å². The first-order valence-corrected chi connectivity index (χ1v) is 9.99. The number of ether oxygens (including phenoxy) is 1. The molecule has 24 heavy (non-hydrogen) atoms. The van der Waals surface area contributed by atoms with Gasteiger partial charge in [-0.25, -0.2) is 0 Å². The van der Waals surface area contributed by atoms with Gasteiger partial charge < -0.3 is 9.84 Å². The molecular weight excluding hydrogens is 300 g/mol. The van der Waals surface area contributed by atoms with E-state index in [1.54, 1.807) is 0 Å². The van der Waals surface area contributed by atoms with E-state index in [4.69, 9.17) is 4.74 Å². The highest BCUT2D eigenvalue weighted by atomic mass is 16.6. The summed E-state index contributed by atoms with van der Waals surface area (Å²) < 4.78 is 5.84. The lowest BCUT2D eigenvalue weighted by atomic mass is 9.46. The van der Waals surface area contributed by atoms with Gasteiger partial charge in [-0.2, -0.15) is 0 Å². The first-order chi connectivity index (χ1) is 11.4. The average molecular weight is 330 g/mol. The molecular formula is C21H30O3. The number of aliphatic hydroxyl groups excluding tert-OH is 1. The summed E-state index contributed by atoms with van der Waals surface area (Å²) in [6, 6.07) is 0. The van der Waals surface area contributed by atoms with Gasteiger partial charge >= 0.3 is 0 Å². The molecule has 1 saturated heterocycles. The molecule has 3 heteroatoms. The monoisotopic (exact) mass is 330 g/mol. The molecule has 3 unspecified atom stereocenters. The lowest BCUT2D eigenvalue weighted by Gasteiger charge is -2.59. The van der Waals surface area contributed by atoms with Gasteiger partial charge in [-0.15, -0.1) is 0 Å². The molecule has 0 aromatic rings. The molecule has 9 atom stereocenters. The van der Waals surface area contributed by atoms with Gasteiger partial charge in [0, 0.05) is 5.41 Å². The number of rotatable bonds is 1. The second-order valence-electron chi connectivity index (χ2n) is 9.62. The lowest BCUT2D eigenvalue weighted by molar-refractivity contribution is -0.119. The Balaban J connectivity index is 1.56. The molecule has 1 N–H and O–H groups in total.